The maximum atomic E-state index is 12.4. The minimum absolute atomic E-state index is 0.0986. The monoisotopic (exact) mass is 327 g/mol. The largest absolute Gasteiger partial charge is 0.240 e. The fourth-order valence-electron chi connectivity index (χ4n) is 3.41. The average Bonchev–Trinajstić information content (AvgIpc) is 2.94. The lowest BCUT2D eigenvalue weighted by molar-refractivity contribution is 0.364. The van der Waals surface area contributed by atoms with Crippen molar-refractivity contribution in [1.29, 1.82) is 0 Å². The van der Waals surface area contributed by atoms with Gasteiger partial charge in [0.1, 0.15) is 0 Å². The Morgan fingerprint density at radius 2 is 1.86 bits per heavy atom. The van der Waals surface area contributed by atoms with Crippen molar-refractivity contribution in [2.45, 2.75) is 55.2 Å². The highest BCUT2D eigenvalue weighted by Crippen LogP contribution is 2.29. The van der Waals surface area contributed by atoms with E-state index in [4.69, 9.17) is 11.6 Å². The molecular weight excluding hydrogens is 306 g/mol. The molecule has 0 spiro atoms. The van der Waals surface area contributed by atoms with Crippen LogP contribution in [0, 0.1) is 5.92 Å². The van der Waals surface area contributed by atoms with Gasteiger partial charge in [-0.15, -0.1) is 11.6 Å². The molecule has 0 aromatic heterocycles. The Balaban J connectivity index is 1.69. The molecule has 3 nitrogen and oxygen atoms in total. The van der Waals surface area contributed by atoms with Crippen molar-refractivity contribution in [3.63, 3.8) is 0 Å². The van der Waals surface area contributed by atoms with Gasteiger partial charge in [0.2, 0.25) is 10.0 Å². The van der Waals surface area contributed by atoms with Crippen molar-refractivity contribution in [3.8, 4) is 0 Å². The van der Waals surface area contributed by atoms with Crippen molar-refractivity contribution in [2.24, 2.45) is 5.92 Å². The third kappa shape index (κ3) is 3.43. The van der Waals surface area contributed by atoms with Gasteiger partial charge in [-0.1, -0.05) is 18.9 Å². The summed E-state index contributed by atoms with van der Waals surface area (Å²) < 4.78 is 27.6. The van der Waals surface area contributed by atoms with Gasteiger partial charge in [0.25, 0.3) is 0 Å². The van der Waals surface area contributed by atoms with Gasteiger partial charge < -0.3 is 0 Å². The third-order valence-electron chi connectivity index (χ3n) is 4.73. The third-order valence-corrected chi connectivity index (χ3v) is 6.73. The average molecular weight is 328 g/mol. The summed E-state index contributed by atoms with van der Waals surface area (Å²) in [6.07, 6.45) is 7.50. The van der Waals surface area contributed by atoms with Gasteiger partial charge in [0.15, 0.2) is 0 Å². The summed E-state index contributed by atoms with van der Waals surface area (Å²) >= 11 is 6.30. The number of alkyl halides is 1. The Kier molecular flexibility index (Phi) is 4.57. The van der Waals surface area contributed by atoms with Crippen LogP contribution in [0.15, 0.2) is 23.1 Å². The molecule has 0 saturated heterocycles. The number of halogens is 1. The van der Waals surface area contributed by atoms with E-state index in [0.717, 1.165) is 44.9 Å². The van der Waals surface area contributed by atoms with Crippen LogP contribution in [-0.4, -0.2) is 20.3 Å². The zero-order chi connectivity index (χ0) is 14.9. The summed E-state index contributed by atoms with van der Waals surface area (Å²) in [7, 11) is -3.41. The first kappa shape index (κ1) is 15.3. The van der Waals surface area contributed by atoms with Gasteiger partial charge in [-0.05, 0) is 61.3 Å². The van der Waals surface area contributed by atoms with Gasteiger partial charge in [0, 0.05) is 11.9 Å². The Hall–Kier alpha value is -0.580. The van der Waals surface area contributed by atoms with Crippen LogP contribution in [0.2, 0.25) is 0 Å². The van der Waals surface area contributed by atoms with Crippen molar-refractivity contribution < 1.29 is 8.42 Å². The molecule has 3 rings (SSSR count). The van der Waals surface area contributed by atoms with Crippen LogP contribution in [0.25, 0.3) is 0 Å². The molecule has 2 aliphatic rings. The van der Waals surface area contributed by atoms with E-state index in [-0.39, 0.29) is 11.3 Å². The predicted molar refractivity (Wildman–Crippen MR) is 85.3 cm³/mol. The maximum absolute atomic E-state index is 12.4. The molecule has 1 aromatic rings. The molecule has 21 heavy (non-hydrogen) atoms. The van der Waals surface area contributed by atoms with E-state index in [0.29, 0.717) is 11.4 Å². The fraction of sp³-hybridized carbons (Fsp3) is 0.625. The van der Waals surface area contributed by atoms with E-state index in [2.05, 4.69) is 4.72 Å². The SMILES string of the molecule is O=S(=O)(NCC1CCCCC1Cl)c1ccc2c(c1)CCC2. The summed E-state index contributed by atoms with van der Waals surface area (Å²) in [5.41, 5.74) is 2.48. The summed E-state index contributed by atoms with van der Waals surface area (Å²) in [6, 6.07) is 5.52. The molecule has 1 aromatic carbocycles. The molecule has 0 bridgehead atoms. The Morgan fingerprint density at radius 1 is 1.10 bits per heavy atom. The lowest BCUT2D eigenvalue weighted by Gasteiger charge is -2.27. The van der Waals surface area contributed by atoms with E-state index in [1.807, 2.05) is 12.1 Å². The van der Waals surface area contributed by atoms with E-state index >= 15 is 0 Å². The van der Waals surface area contributed by atoms with Crippen LogP contribution < -0.4 is 4.72 Å². The summed E-state index contributed by atoms with van der Waals surface area (Å²) in [5.74, 6) is 0.254. The highest BCUT2D eigenvalue weighted by Gasteiger charge is 2.25. The molecule has 2 aliphatic carbocycles. The number of hydrogen-bond acceptors (Lipinski definition) is 2. The van der Waals surface area contributed by atoms with E-state index in [1.165, 1.54) is 11.1 Å². The fourth-order valence-corrected chi connectivity index (χ4v) is 4.92. The van der Waals surface area contributed by atoms with Crippen molar-refractivity contribution >= 4 is 21.6 Å². The highest BCUT2D eigenvalue weighted by atomic mass is 35.5. The summed E-state index contributed by atoms with van der Waals surface area (Å²) in [6.45, 7) is 0.452. The first-order valence-electron chi connectivity index (χ1n) is 7.82. The van der Waals surface area contributed by atoms with Crippen LogP contribution in [0.1, 0.15) is 43.2 Å². The normalized spacial score (nSPS) is 25.8. The molecule has 0 amide bonds. The molecule has 2 atom stereocenters. The van der Waals surface area contributed by atoms with Crippen LogP contribution >= 0.6 is 11.6 Å². The highest BCUT2D eigenvalue weighted by molar-refractivity contribution is 7.89. The number of rotatable bonds is 4. The minimum atomic E-state index is -3.41. The van der Waals surface area contributed by atoms with Gasteiger partial charge in [-0.25, -0.2) is 13.1 Å². The van der Waals surface area contributed by atoms with Gasteiger partial charge >= 0.3 is 0 Å². The first-order valence-corrected chi connectivity index (χ1v) is 9.74. The topological polar surface area (TPSA) is 46.2 Å². The smallest absolute Gasteiger partial charge is 0.211 e. The van der Waals surface area contributed by atoms with Gasteiger partial charge in [-0.3, -0.25) is 0 Å². The van der Waals surface area contributed by atoms with Crippen molar-refractivity contribution in [1.82, 2.24) is 4.72 Å². The van der Waals surface area contributed by atoms with Gasteiger partial charge in [-0.2, -0.15) is 0 Å². The maximum Gasteiger partial charge on any atom is 0.240 e. The van der Waals surface area contributed by atoms with Crippen LogP contribution in [0.3, 0.4) is 0 Å². The number of hydrogen-bond donors (Lipinski definition) is 1. The van der Waals surface area contributed by atoms with Crippen LogP contribution in [0.5, 0.6) is 0 Å². The molecule has 1 saturated carbocycles. The van der Waals surface area contributed by atoms with Crippen LogP contribution in [-0.2, 0) is 22.9 Å². The molecule has 0 radical (unpaired) electrons. The molecule has 0 aliphatic heterocycles. The quantitative estimate of drug-likeness (QED) is 0.863. The zero-order valence-electron chi connectivity index (χ0n) is 12.1. The standard InChI is InChI=1S/C16H22ClNO2S/c17-16-7-2-1-4-14(16)11-18-21(19,20)15-9-8-12-5-3-6-13(12)10-15/h8-10,14,16,18H,1-7,11H2. The molecule has 0 heterocycles. The molecule has 1 N–H and O–H groups in total. The van der Waals surface area contributed by atoms with Crippen molar-refractivity contribution in [2.75, 3.05) is 6.54 Å². The molecular formula is C16H22ClNO2S. The Morgan fingerprint density at radius 3 is 2.67 bits per heavy atom. The first-order chi connectivity index (χ1) is 10.1. The number of aryl methyl sites for hydroxylation is 2. The number of benzene rings is 1. The number of fused-ring (bicyclic) bond motifs is 1. The second-order valence-corrected chi connectivity index (χ2v) is 8.52. The predicted octanol–water partition coefficient (Wildman–Crippen LogP) is 3.25. The lowest BCUT2D eigenvalue weighted by Crippen LogP contribution is -2.34. The molecule has 5 heteroatoms. The minimum Gasteiger partial charge on any atom is -0.211 e. The van der Waals surface area contributed by atoms with Gasteiger partial charge in [0.05, 0.1) is 4.90 Å². The number of sulfonamides is 1. The second kappa shape index (κ2) is 6.27. The molecule has 2 unspecified atom stereocenters. The van der Waals surface area contributed by atoms with Crippen molar-refractivity contribution in [3.05, 3.63) is 29.3 Å². The Labute approximate surface area is 132 Å². The zero-order valence-corrected chi connectivity index (χ0v) is 13.7. The number of nitrogens with one attached hydrogen (secondary N) is 1. The lowest BCUT2D eigenvalue weighted by atomic mass is 9.89. The molecule has 1 fully saturated rings. The van der Waals surface area contributed by atoms with Crippen LogP contribution in [0.4, 0.5) is 0 Å². The second-order valence-electron chi connectivity index (χ2n) is 6.20. The molecule has 116 valence electrons. The van der Waals surface area contributed by atoms with E-state index < -0.39 is 10.0 Å². The summed E-state index contributed by atoms with van der Waals surface area (Å²) in [5, 5.41) is 0.0986. The van der Waals surface area contributed by atoms with E-state index in [1.54, 1.807) is 6.07 Å². The Bertz CT molecular complexity index is 615. The van der Waals surface area contributed by atoms with E-state index in [9.17, 15) is 8.42 Å². The summed E-state index contributed by atoms with van der Waals surface area (Å²) in [4.78, 5) is 0.394.